The van der Waals surface area contributed by atoms with Gasteiger partial charge < -0.3 is 9.84 Å². The average molecular weight is 298 g/mol. The lowest BCUT2D eigenvalue weighted by Gasteiger charge is -2.11. The molecule has 4 nitrogen and oxygen atoms in total. The summed E-state index contributed by atoms with van der Waals surface area (Å²) in [4.78, 5) is 0. The molecule has 0 aliphatic carbocycles. The van der Waals surface area contributed by atoms with Crippen LogP contribution >= 0.6 is 0 Å². The van der Waals surface area contributed by atoms with Crippen LogP contribution < -0.4 is 15.6 Å². The molecular formula is C18H22N2O2. The molecule has 4 heteroatoms. The molecule has 1 fully saturated rings. The van der Waals surface area contributed by atoms with E-state index in [4.69, 9.17) is 9.84 Å². The Morgan fingerprint density at radius 2 is 1.77 bits per heavy atom. The number of ether oxygens (including phenoxy) is 1. The largest absolute Gasteiger partial charge is 0.493 e. The fourth-order valence-corrected chi connectivity index (χ4v) is 2.69. The van der Waals surface area contributed by atoms with Crippen LogP contribution in [0.25, 0.3) is 0 Å². The van der Waals surface area contributed by atoms with Gasteiger partial charge in [-0.05, 0) is 29.7 Å². The monoisotopic (exact) mass is 298 g/mol. The Kier molecular flexibility index (Phi) is 5.06. The zero-order valence-corrected chi connectivity index (χ0v) is 12.5. The minimum atomic E-state index is 0.131. The molecule has 3 N–H and O–H groups in total. The Hall–Kier alpha value is -1.88. The van der Waals surface area contributed by atoms with E-state index in [-0.39, 0.29) is 18.7 Å². The van der Waals surface area contributed by atoms with Crippen molar-refractivity contribution in [3.8, 4) is 5.75 Å². The fourth-order valence-electron chi connectivity index (χ4n) is 2.69. The summed E-state index contributed by atoms with van der Waals surface area (Å²) in [5.74, 6) is 0.893. The SMILES string of the molecule is OCC1CC(c2ccc(OCCc3ccccc3)cc2)NN1. The predicted octanol–water partition coefficient (Wildman–Crippen LogP) is 2.21. The van der Waals surface area contributed by atoms with Crippen LogP contribution in [0.4, 0.5) is 0 Å². The summed E-state index contributed by atoms with van der Waals surface area (Å²) in [7, 11) is 0. The lowest BCUT2D eigenvalue weighted by Crippen LogP contribution is -2.32. The lowest BCUT2D eigenvalue weighted by atomic mass is 10.0. The zero-order chi connectivity index (χ0) is 15.2. The van der Waals surface area contributed by atoms with Gasteiger partial charge in [-0.2, -0.15) is 0 Å². The molecule has 2 aromatic rings. The third-order valence-corrected chi connectivity index (χ3v) is 3.99. The predicted molar refractivity (Wildman–Crippen MR) is 86.6 cm³/mol. The Morgan fingerprint density at radius 3 is 2.45 bits per heavy atom. The molecule has 2 atom stereocenters. The molecule has 0 bridgehead atoms. The van der Waals surface area contributed by atoms with Gasteiger partial charge in [-0.3, -0.25) is 5.43 Å². The van der Waals surface area contributed by atoms with Crippen LogP contribution in [0, 0.1) is 0 Å². The van der Waals surface area contributed by atoms with Gasteiger partial charge in [0.2, 0.25) is 0 Å². The number of benzene rings is 2. The molecule has 1 aliphatic heterocycles. The molecule has 0 saturated carbocycles. The van der Waals surface area contributed by atoms with Crippen molar-refractivity contribution in [3.05, 3.63) is 65.7 Å². The molecule has 1 saturated heterocycles. The summed E-state index contributed by atoms with van der Waals surface area (Å²) in [5.41, 5.74) is 8.79. The van der Waals surface area contributed by atoms with E-state index in [0.717, 1.165) is 18.6 Å². The molecule has 2 unspecified atom stereocenters. The number of nitrogens with one attached hydrogen (secondary N) is 2. The number of hydrogen-bond acceptors (Lipinski definition) is 4. The lowest BCUT2D eigenvalue weighted by molar-refractivity contribution is 0.251. The van der Waals surface area contributed by atoms with Gasteiger partial charge in [-0.1, -0.05) is 42.5 Å². The average Bonchev–Trinajstić information content (AvgIpc) is 3.06. The van der Waals surface area contributed by atoms with Gasteiger partial charge in [0, 0.05) is 18.5 Å². The molecule has 2 aromatic carbocycles. The van der Waals surface area contributed by atoms with E-state index >= 15 is 0 Å². The van der Waals surface area contributed by atoms with E-state index in [1.807, 2.05) is 30.3 Å². The van der Waals surface area contributed by atoms with Crippen LogP contribution in [0.15, 0.2) is 54.6 Å². The Balaban J connectivity index is 1.49. The molecule has 3 rings (SSSR count). The highest BCUT2D eigenvalue weighted by Crippen LogP contribution is 2.24. The van der Waals surface area contributed by atoms with Gasteiger partial charge in [0.25, 0.3) is 0 Å². The number of hydrogen-bond donors (Lipinski definition) is 3. The second-order valence-corrected chi connectivity index (χ2v) is 5.61. The first kappa shape index (κ1) is 15.0. The quantitative estimate of drug-likeness (QED) is 0.765. The summed E-state index contributed by atoms with van der Waals surface area (Å²) >= 11 is 0. The van der Waals surface area contributed by atoms with Gasteiger partial charge in [0.15, 0.2) is 0 Å². The Bertz CT molecular complexity index is 571. The van der Waals surface area contributed by atoms with Crippen LogP contribution in [0.3, 0.4) is 0 Å². The first-order valence-corrected chi connectivity index (χ1v) is 7.74. The van der Waals surface area contributed by atoms with Crippen LogP contribution in [-0.4, -0.2) is 24.4 Å². The van der Waals surface area contributed by atoms with Crippen LogP contribution in [0.1, 0.15) is 23.6 Å². The summed E-state index contributed by atoms with van der Waals surface area (Å²) < 4.78 is 5.79. The van der Waals surface area contributed by atoms with Crippen molar-refractivity contribution >= 4 is 0 Å². The molecule has 1 heterocycles. The maximum atomic E-state index is 9.14. The second-order valence-electron chi connectivity index (χ2n) is 5.61. The van der Waals surface area contributed by atoms with Crippen LogP contribution in [0.5, 0.6) is 5.75 Å². The highest BCUT2D eigenvalue weighted by Gasteiger charge is 2.23. The molecular weight excluding hydrogens is 276 g/mol. The molecule has 116 valence electrons. The van der Waals surface area contributed by atoms with Gasteiger partial charge >= 0.3 is 0 Å². The minimum Gasteiger partial charge on any atom is -0.493 e. The van der Waals surface area contributed by atoms with Crippen LogP contribution in [-0.2, 0) is 6.42 Å². The number of hydrazine groups is 1. The smallest absolute Gasteiger partial charge is 0.119 e. The molecule has 0 amide bonds. The minimum absolute atomic E-state index is 0.131. The maximum Gasteiger partial charge on any atom is 0.119 e. The second kappa shape index (κ2) is 7.40. The van der Waals surface area contributed by atoms with Gasteiger partial charge in [-0.25, -0.2) is 5.43 Å². The Labute approximate surface area is 131 Å². The van der Waals surface area contributed by atoms with Gasteiger partial charge in [-0.15, -0.1) is 0 Å². The summed E-state index contributed by atoms with van der Waals surface area (Å²) in [6, 6.07) is 18.9. The van der Waals surface area contributed by atoms with Crippen molar-refractivity contribution in [1.29, 1.82) is 0 Å². The third kappa shape index (κ3) is 3.85. The summed E-state index contributed by atoms with van der Waals surface area (Å²) in [5, 5.41) is 9.14. The van der Waals surface area contributed by atoms with Gasteiger partial charge in [0.05, 0.1) is 13.2 Å². The van der Waals surface area contributed by atoms with Crippen molar-refractivity contribution in [3.63, 3.8) is 0 Å². The van der Waals surface area contributed by atoms with Crippen molar-refractivity contribution < 1.29 is 9.84 Å². The van der Waals surface area contributed by atoms with E-state index in [9.17, 15) is 0 Å². The van der Waals surface area contributed by atoms with Crippen molar-refractivity contribution in [2.45, 2.75) is 24.9 Å². The van der Waals surface area contributed by atoms with Gasteiger partial charge in [0.1, 0.15) is 5.75 Å². The van der Waals surface area contributed by atoms with Crippen molar-refractivity contribution in [2.24, 2.45) is 0 Å². The molecule has 0 aromatic heterocycles. The normalized spacial score (nSPS) is 21.0. The maximum absolute atomic E-state index is 9.14. The molecule has 0 radical (unpaired) electrons. The number of aliphatic hydroxyl groups excluding tert-OH is 1. The van der Waals surface area contributed by atoms with Crippen molar-refractivity contribution in [1.82, 2.24) is 10.9 Å². The summed E-state index contributed by atoms with van der Waals surface area (Å²) in [6.07, 6.45) is 1.81. The molecule has 22 heavy (non-hydrogen) atoms. The zero-order valence-electron chi connectivity index (χ0n) is 12.5. The van der Waals surface area contributed by atoms with E-state index in [1.54, 1.807) is 0 Å². The first-order valence-electron chi connectivity index (χ1n) is 7.74. The highest BCUT2D eigenvalue weighted by molar-refractivity contribution is 5.29. The van der Waals surface area contributed by atoms with E-state index < -0.39 is 0 Å². The number of aliphatic hydroxyl groups is 1. The van der Waals surface area contributed by atoms with Crippen LogP contribution in [0.2, 0.25) is 0 Å². The fraction of sp³-hybridized carbons (Fsp3) is 0.333. The third-order valence-electron chi connectivity index (χ3n) is 3.99. The molecule has 0 spiro atoms. The van der Waals surface area contributed by atoms with E-state index in [0.29, 0.717) is 6.61 Å². The van der Waals surface area contributed by atoms with E-state index in [2.05, 4.69) is 35.1 Å². The highest BCUT2D eigenvalue weighted by atomic mass is 16.5. The standard InChI is InChI=1S/C18H22N2O2/c21-13-16-12-18(20-19-16)15-6-8-17(9-7-15)22-11-10-14-4-2-1-3-5-14/h1-9,16,18-21H,10-13H2. The Morgan fingerprint density at radius 1 is 1.00 bits per heavy atom. The molecule has 1 aliphatic rings. The number of rotatable bonds is 6. The van der Waals surface area contributed by atoms with Crippen molar-refractivity contribution in [2.75, 3.05) is 13.2 Å². The van der Waals surface area contributed by atoms with E-state index in [1.165, 1.54) is 11.1 Å². The topological polar surface area (TPSA) is 53.5 Å². The summed E-state index contributed by atoms with van der Waals surface area (Å²) in [6.45, 7) is 0.837. The first-order chi connectivity index (χ1) is 10.8.